The molecule has 8 nitrogen and oxygen atoms in total. The van der Waals surface area contributed by atoms with Crippen LogP contribution in [0.15, 0.2) is 35.0 Å². The largest absolute Gasteiger partial charge is 0.333 e. The topological polar surface area (TPSA) is 96.3 Å². The first-order valence-corrected chi connectivity index (χ1v) is 13.2. The molecule has 1 aromatic carbocycles. The number of benzene rings is 1. The number of carbonyl (C=O) groups excluding carboxylic acids is 1. The Balaban J connectivity index is 1.26. The van der Waals surface area contributed by atoms with E-state index in [-0.39, 0.29) is 11.1 Å². The number of fused-ring (bicyclic) bond motifs is 2. The zero-order chi connectivity index (χ0) is 23.2. The molecule has 0 bridgehead atoms. The lowest BCUT2D eigenvalue weighted by Crippen LogP contribution is -2.35. The van der Waals surface area contributed by atoms with Crippen LogP contribution in [-0.4, -0.2) is 49.8 Å². The molecule has 33 heavy (non-hydrogen) atoms. The molecule has 9 heteroatoms. The second kappa shape index (κ2) is 8.61. The van der Waals surface area contributed by atoms with Gasteiger partial charge in [-0.2, -0.15) is 13.5 Å². The van der Waals surface area contributed by atoms with Crippen molar-refractivity contribution in [1.82, 2.24) is 19.4 Å². The van der Waals surface area contributed by atoms with E-state index < -0.39 is 16.1 Å². The summed E-state index contributed by atoms with van der Waals surface area (Å²) < 4.78 is 29.5. The van der Waals surface area contributed by atoms with Gasteiger partial charge in [0.25, 0.3) is 10.0 Å². The minimum atomic E-state index is -4.05. The van der Waals surface area contributed by atoms with Crippen LogP contribution < -0.4 is 10.0 Å². The van der Waals surface area contributed by atoms with E-state index in [1.807, 2.05) is 14.1 Å². The maximum Gasteiger partial charge on any atom is 0.333 e. The molecule has 1 aromatic heterocycles. The molecule has 0 spiro atoms. The summed E-state index contributed by atoms with van der Waals surface area (Å²) in [5.74, 6) is 0. The van der Waals surface area contributed by atoms with Crippen LogP contribution in [0.25, 0.3) is 0 Å². The summed E-state index contributed by atoms with van der Waals surface area (Å²) in [7, 11) is -0.000358. The molecule has 2 N–H and O–H groups in total. The van der Waals surface area contributed by atoms with Gasteiger partial charge >= 0.3 is 6.03 Å². The lowest BCUT2D eigenvalue weighted by Gasteiger charge is -2.30. The Morgan fingerprint density at radius 1 is 1.15 bits per heavy atom. The summed E-state index contributed by atoms with van der Waals surface area (Å²) >= 11 is 0. The third kappa shape index (κ3) is 4.44. The van der Waals surface area contributed by atoms with Crippen LogP contribution in [0.2, 0.25) is 0 Å². The van der Waals surface area contributed by atoms with Crippen LogP contribution in [0.1, 0.15) is 54.0 Å². The quantitative estimate of drug-likeness (QED) is 0.634. The van der Waals surface area contributed by atoms with Gasteiger partial charge in [-0.3, -0.25) is 4.68 Å². The van der Waals surface area contributed by atoms with Crippen molar-refractivity contribution in [3.63, 3.8) is 0 Å². The Labute approximate surface area is 195 Å². The minimum absolute atomic E-state index is 0.133. The fourth-order valence-electron chi connectivity index (χ4n) is 5.16. The number of hydrogen-bond acceptors (Lipinski definition) is 5. The number of allylic oxidation sites excluding steroid dienone is 1. The first-order chi connectivity index (χ1) is 15.8. The average molecular weight is 470 g/mol. The summed E-state index contributed by atoms with van der Waals surface area (Å²) in [6.45, 7) is 0.896. The van der Waals surface area contributed by atoms with Crippen molar-refractivity contribution in [2.24, 2.45) is 0 Å². The summed E-state index contributed by atoms with van der Waals surface area (Å²) in [6.07, 6.45) is 11.6. The van der Waals surface area contributed by atoms with Gasteiger partial charge in [0, 0.05) is 18.4 Å². The Morgan fingerprint density at radius 3 is 2.45 bits per heavy atom. The Hall–Kier alpha value is -2.65. The first-order valence-electron chi connectivity index (χ1n) is 11.7. The van der Waals surface area contributed by atoms with Crippen molar-refractivity contribution < 1.29 is 13.2 Å². The summed E-state index contributed by atoms with van der Waals surface area (Å²) in [4.78, 5) is 14.8. The van der Waals surface area contributed by atoms with Crippen molar-refractivity contribution in [2.45, 2.75) is 62.4 Å². The lowest BCUT2D eigenvalue weighted by molar-refractivity contribution is 0.256. The van der Waals surface area contributed by atoms with E-state index in [1.54, 1.807) is 10.9 Å². The standard InChI is InChI=1S/C24H31N5O3S/c1-28(2)11-9-16-13-19(14-16)29-12-10-22(26-29)33(31,32)27-24(30)25-23-20-7-3-5-17(20)15-18-6-4-8-21(18)23/h9-10,12,15,19H,3-8,11,13-14H2,1-2H3,(H2,25,27,30). The zero-order valence-corrected chi connectivity index (χ0v) is 20.0. The SMILES string of the molecule is CN(C)CC=C1CC(n2ccc(S(=O)(=O)NC(=O)Nc3c4c(cc5c3CCC5)CCC4)n2)C1. The van der Waals surface area contributed by atoms with Crippen molar-refractivity contribution in [1.29, 1.82) is 0 Å². The highest BCUT2D eigenvalue weighted by molar-refractivity contribution is 7.90. The fourth-order valence-corrected chi connectivity index (χ4v) is 6.00. The van der Waals surface area contributed by atoms with Crippen LogP contribution >= 0.6 is 0 Å². The normalized spacial score (nSPS) is 19.2. The number of sulfonamides is 1. The highest BCUT2D eigenvalue weighted by Crippen LogP contribution is 2.39. The van der Waals surface area contributed by atoms with Crippen LogP contribution in [0.3, 0.4) is 0 Å². The third-order valence-corrected chi connectivity index (χ3v) is 8.14. The number of aryl methyl sites for hydroxylation is 2. The van der Waals surface area contributed by atoms with Gasteiger partial charge in [-0.05, 0) is 93.8 Å². The second-order valence-electron chi connectivity index (χ2n) is 9.61. The molecule has 3 aliphatic rings. The van der Waals surface area contributed by atoms with E-state index in [0.29, 0.717) is 0 Å². The van der Waals surface area contributed by atoms with Crippen molar-refractivity contribution in [2.75, 3.05) is 26.0 Å². The average Bonchev–Trinajstić information content (AvgIpc) is 3.46. The molecule has 176 valence electrons. The summed E-state index contributed by atoms with van der Waals surface area (Å²) in [5, 5.41) is 7.00. The number of rotatable bonds is 6. The maximum absolute atomic E-state index is 12.8. The molecular formula is C24H31N5O3S. The third-order valence-electron chi connectivity index (χ3n) is 6.91. The van der Waals surface area contributed by atoms with Crippen LogP contribution in [0.5, 0.6) is 0 Å². The van der Waals surface area contributed by atoms with E-state index in [4.69, 9.17) is 0 Å². The molecule has 0 aliphatic heterocycles. The number of urea groups is 1. The molecule has 0 saturated heterocycles. The van der Waals surface area contributed by atoms with E-state index in [2.05, 4.69) is 32.2 Å². The molecule has 0 unspecified atom stereocenters. The second-order valence-corrected chi connectivity index (χ2v) is 11.2. The van der Waals surface area contributed by atoms with Gasteiger partial charge in [0.05, 0.1) is 6.04 Å². The number of aromatic nitrogens is 2. The number of likely N-dealkylation sites (N-methyl/N-ethyl adjacent to an activating group) is 1. The number of nitrogens with zero attached hydrogens (tertiary/aromatic N) is 3. The molecule has 3 aliphatic carbocycles. The Kier molecular flexibility index (Phi) is 5.78. The molecule has 2 aromatic rings. The van der Waals surface area contributed by atoms with E-state index in [1.165, 1.54) is 22.8 Å². The van der Waals surface area contributed by atoms with Gasteiger partial charge in [0.1, 0.15) is 0 Å². The van der Waals surface area contributed by atoms with Gasteiger partial charge in [-0.25, -0.2) is 9.52 Å². The number of carbonyl (C=O) groups is 1. The monoisotopic (exact) mass is 469 g/mol. The number of anilines is 1. The van der Waals surface area contributed by atoms with Gasteiger partial charge in [0.15, 0.2) is 5.03 Å². The minimum Gasteiger partial charge on any atom is -0.307 e. The number of amides is 2. The Morgan fingerprint density at radius 2 is 1.82 bits per heavy atom. The summed E-state index contributed by atoms with van der Waals surface area (Å²) in [5.41, 5.74) is 7.07. The van der Waals surface area contributed by atoms with Crippen molar-refractivity contribution in [3.8, 4) is 0 Å². The van der Waals surface area contributed by atoms with E-state index in [9.17, 15) is 13.2 Å². The van der Waals surface area contributed by atoms with Crippen LogP contribution in [0.4, 0.5) is 10.5 Å². The van der Waals surface area contributed by atoms with Gasteiger partial charge in [0.2, 0.25) is 0 Å². The van der Waals surface area contributed by atoms with Gasteiger partial charge in [-0.1, -0.05) is 17.7 Å². The predicted molar refractivity (Wildman–Crippen MR) is 127 cm³/mol. The first kappa shape index (κ1) is 22.2. The van der Waals surface area contributed by atoms with Gasteiger partial charge in [-0.15, -0.1) is 0 Å². The zero-order valence-electron chi connectivity index (χ0n) is 19.2. The summed E-state index contributed by atoms with van der Waals surface area (Å²) in [6, 6.07) is 3.16. The highest BCUT2D eigenvalue weighted by atomic mass is 32.2. The molecule has 0 atom stereocenters. The predicted octanol–water partition coefficient (Wildman–Crippen LogP) is 3.19. The van der Waals surface area contributed by atoms with Gasteiger partial charge < -0.3 is 10.2 Å². The molecule has 1 fully saturated rings. The molecule has 5 rings (SSSR count). The smallest absolute Gasteiger partial charge is 0.307 e. The number of nitrogens with one attached hydrogen (secondary N) is 2. The lowest BCUT2D eigenvalue weighted by atomic mass is 9.86. The van der Waals surface area contributed by atoms with E-state index >= 15 is 0 Å². The fraction of sp³-hybridized carbons (Fsp3) is 0.500. The van der Waals surface area contributed by atoms with E-state index in [0.717, 1.165) is 74.7 Å². The highest BCUT2D eigenvalue weighted by Gasteiger charge is 2.29. The Bertz CT molecular complexity index is 1190. The molecule has 0 radical (unpaired) electrons. The van der Waals surface area contributed by atoms with Crippen molar-refractivity contribution >= 4 is 21.7 Å². The molecule has 2 amide bonds. The molecule has 1 saturated carbocycles. The molecular weight excluding hydrogens is 438 g/mol. The maximum atomic E-state index is 12.8. The van der Waals surface area contributed by atoms with Crippen molar-refractivity contribution in [3.05, 3.63) is 52.2 Å². The molecule has 1 heterocycles. The van der Waals surface area contributed by atoms with Crippen LogP contribution in [-0.2, 0) is 35.7 Å². The number of hydrogen-bond donors (Lipinski definition) is 2. The van der Waals surface area contributed by atoms with Crippen LogP contribution in [0, 0.1) is 0 Å².